The molecule has 0 radical (unpaired) electrons. The number of carbonyl (C=O) groups excluding carboxylic acids is 2. The molecule has 0 aliphatic carbocycles. The summed E-state index contributed by atoms with van der Waals surface area (Å²) in [5.74, 6) is -2.83. The zero-order chi connectivity index (χ0) is 22.4. The van der Waals surface area contributed by atoms with Crippen molar-refractivity contribution < 1.29 is 23.8 Å². The molecule has 160 valence electrons. The molecule has 2 atom stereocenters. The Morgan fingerprint density at radius 2 is 1.97 bits per heavy atom. The summed E-state index contributed by atoms with van der Waals surface area (Å²) in [6, 6.07) is 6.96. The highest BCUT2D eigenvalue weighted by atomic mass is 35.5. The molecule has 8 heteroatoms. The molecule has 0 amide bonds. The molecule has 7 nitrogen and oxygen atoms in total. The smallest absolute Gasteiger partial charge is 0.336 e. The van der Waals surface area contributed by atoms with Crippen molar-refractivity contribution in [3.63, 3.8) is 0 Å². The fourth-order valence-corrected chi connectivity index (χ4v) is 3.71. The van der Waals surface area contributed by atoms with E-state index in [-0.39, 0.29) is 35.5 Å². The van der Waals surface area contributed by atoms with Crippen molar-refractivity contribution in [2.45, 2.75) is 39.7 Å². The number of hydrogen-bond donors (Lipinski definition) is 0. The van der Waals surface area contributed by atoms with Crippen LogP contribution >= 0.6 is 11.6 Å². The van der Waals surface area contributed by atoms with E-state index in [1.54, 1.807) is 45.9 Å². The Kier molecular flexibility index (Phi) is 8.16. The third-order valence-corrected chi connectivity index (χ3v) is 5.08. The van der Waals surface area contributed by atoms with Crippen molar-refractivity contribution in [2.75, 3.05) is 20.3 Å². The Labute approximate surface area is 181 Å². The molecule has 1 unspecified atom stereocenters. The Hall–Kier alpha value is -2.69. The van der Waals surface area contributed by atoms with Gasteiger partial charge in [-0.15, -0.1) is 0 Å². The van der Waals surface area contributed by atoms with Crippen LogP contribution in [0.25, 0.3) is 0 Å². The Balaban J connectivity index is 2.65. The van der Waals surface area contributed by atoms with Crippen LogP contribution in [-0.2, 0) is 23.8 Å². The molecule has 0 N–H and O–H groups in total. The molecule has 2 rings (SSSR count). The third-order valence-electron chi connectivity index (χ3n) is 4.66. The van der Waals surface area contributed by atoms with Crippen LogP contribution in [0.15, 0.2) is 34.5 Å². The number of allylic oxidation sites excluding steroid dienone is 1. The second kappa shape index (κ2) is 10.4. The molecule has 0 saturated carbocycles. The van der Waals surface area contributed by atoms with Crippen molar-refractivity contribution >= 4 is 29.3 Å². The quantitative estimate of drug-likeness (QED) is 0.480. The molecule has 0 bridgehead atoms. The number of methoxy groups -OCH3 is 1. The highest BCUT2D eigenvalue weighted by Crippen LogP contribution is 2.43. The normalized spacial score (nSPS) is 18.7. The number of hydrogen-bond acceptors (Lipinski definition) is 7. The van der Waals surface area contributed by atoms with Crippen molar-refractivity contribution in [1.29, 1.82) is 5.26 Å². The van der Waals surface area contributed by atoms with Gasteiger partial charge >= 0.3 is 11.9 Å². The highest BCUT2D eigenvalue weighted by Gasteiger charge is 2.43. The van der Waals surface area contributed by atoms with Gasteiger partial charge in [0.1, 0.15) is 18.6 Å². The maximum atomic E-state index is 13.0. The molecule has 30 heavy (non-hydrogen) atoms. The minimum Gasteiger partial charge on any atom is -0.462 e. The van der Waals surface area contributed by atoms with Gasteiger partial charge in [-0.2, -0.15) is 5.26 Å². The largest absolute Gasteiger partial charge is 0.462 e. The average molecular weight is 433 g/mol. The van der Waals surface area contributed by atoms with Gasteiger partial charge in [0.25, 0.3) is 0 Å². The van der Waals surface area contributed by atoms with Crippen molar-refractivity contribution in [3.05, 3.63) is 45.6 Å². The van der Waals surface area contributed by atoms with E-state index < -0.39 is 23.8 Å². The zero-order valence-electron chi connectivity index (χ0n) is 17.7. The molecule has 0 aromatic heterocycles. The van der Waals surface area contributed by atoms with Gasteiger partial charge in [-0.05, 0) is 39.3 Å². The molecule has 1 aliphatic heterocycles. The molecule has 0 saturated heterocycles. The third kappa shape index (κ3) is 5.07. The van der Waals surface area contributed by atoms with Crippen molar-refractivity contribution in [1.82, 2.24) is 0 Å². The summed E-state index contributed by atoms with van der Waals surface area (Å²) >= 11 is 6.50. The number of esters is 2. The van der Waals surface area contributed by atoms with Gasteiger partial charge in [-0.25, -0.2) is 4.79 Å². The summed E-state index contributed by atoms with van der Waals surface area (Å²) in [4.78, 5) is 30.4. The highest BCUT2D eigenvalue weighted by molar-refractivity contribution is 6.32. The number of aliphatic imine (C=N–C) groups is 1. The first kappa shape index (κ1) is 23.6. The summed E-state index contributed by atoms with van der Waals surface area (Å²) < 4.78 is 15.7. The number of halogens is 1. The Morgan fingerprint density at radius 1 is 1.27 bits per heavy atom. The van der Waals surface area contributed by atoms with E-state index in [0.29, 0.717) is 17.0 Å². The summed E-state index contributed by atoms with van der Waals surface area (Å²) in [5.41, 5.74) is 1.84. The van der Waals surface area contributed by atoms with Crippen LogP contribution in [0.1, 0.15) is 44.7 Å². The summed E-state index contributed by atoms with van der Waals surface area (Å²) in [7, 11) is 1.50. The SMILES string of the molecule is COCCOC(=O)C1=C(C)N=C(C)C(C(=O)OC(C)C)[C@@H]1c1cccc(C#N)c1Cl. The maximum absolute atomic E-state index is 13.0. The summed E-state index contributed by atoms with van der Waals surface area (Å²) in [6.45, 7) is 7.15. The maximum Gasteiger partial charge on any atom is 0.336 e. The van der Waals surface area contributed by atoms with Gasteiger partial charge in [0.15, 0.2) is 0 Å². The fourth-order valence-electron chi connectivity index (χ4n) is 3.42. The van der Waals surface area contributed by atoms with E-state index >= 15 is 0 Å². The van der Waals surface area contributed by atoms with Crippen LogP contribution in [0.4, 0.5) is 0 Å². The molecule has 1 heterocycles. The number of rotatable bonds is 7. The van der Waals surface area contributed by atoms with E-state index in [4.69, 9.17) is 25.8 Å². The number of benzene rings is 1. The first-order valence-corrected chi connectivity index (χ1v) is 9.91. The number of nitrogens with zero attached hydrogens (tertiary/aromatic N) is 2. The van der Waals surface area contributed by atoms with Crippen LogP contribution in [-0.4, -0.2) is 44.1 Å². The van der Waals surface area contributed by atoms with Crippen molar-refractivity contribution in [3.8, 4) is 6.07 Å². The first-order chi connectivity index (χ1) is 14.2. The molecule has 0 fully saturated rings. The average Bonchev–Trinajstić information content (AvgIpc) is 2.67. The second-order valence-electron chi connectivity index (χ2n) is 7.14. The van der Waals surface area contributed by atoms with E-state index in [1.807, 2.05) is 6.07 Å². The van der Waals surface area contributed by atoms with Crippen LogP contribution in [0, 0.1) is 17.2 Å². The van der Waals surface area contributed by atoms with Gasteiger partial charge < -0.3 is 14.2 Å². The monoisotopic (exact) mass is 432 g/mol. The molecule has 1 aromatic rings. The van der Waals surface area contributed by atoms with Gasteiger partial charge in [0.2, 0.25) is 0 Å². The lowest BCUT2D eigenvalue weighted by Crippen LogP contribution is -2.37. The number of nitriles is 1. The number of carbonyl (C=O) groups is 2. The van der Waals surface area contributed by atoms with E-state index in [1.165, 1.54) is 7.11 Å². The van der Waals surface area contributed by atoms with E-state index in [2.05, 4.69) is 4.99 Å². The second-order valence-corrected chi connectivity index (χ2v) is 7.52. The van der Waals surface area contributed by atoms with Crippen LogP contribution in [0.3, 0.4) is 0 Å². The van der Waals surface area contributed by atoms with Crippen LogP contribution in [0.2, 0.25) is 5.02 Å². The predicted molar refractivity (Wildman–Crippen MR) is 112 cm³/mol. The molecular formula is C22H25ClN2O5. The molecule has 0 spiro atoms. The molecule has 1 aromatic carbocycles. The van der Waals surface area contributed by atoms with Crippen LogP contribution < -0.4 is 0 Å². The predicted octanol–water partition coefficient (Wildman–Crippen LogP) is 3.80. The van der Waals surface area contributed by atoms with Gasteiger partial charge in [-0.3, -0.25) is 9.79 Å². The summed E-state index contributed by atoms with van der Waals surface area (Å²) in [5, 5.41) is 9.57. The van der Waals surface area contributed by atoms with Gasteiger partial charge in [0.05, 0.1) is 28.9 Å². The Morgan fingerprint density at radius 3 is 2.57 bits per heavy atom. The standard InChI is InChI=1S/C22H25ClN2O5/c1-12(2)30-22(27)18-14(4)25-13(3)17(21(26)29-10-9-28-5)19(18)16-8-6-7-15(11-24)20(16)23/h6-8,12,18-19H,9-10H2,1-5H3/t18?,19-/m1/s1. The Bertz CT molecular complexity index is 930. The van der Waals surface area contributed by atoms with Crippen molar-refractivity contribution in [2.24, 2.45) is 10.9 Å². The van der Waals surface area contributed by atoms with Gasteiger partial charge in [0, 0.05) is 24.4 Å². The lowest BCUT2D eigenvalue weighted by atomic mass is 9.75. The minimum absolute atomic E-state index is 0.0502. The lowest BCUT2D eigenvalue weighted by Gasteiger charge is -2.32. The minimum atomic E-state index is -0.882. The fraction of sp³-hybridized carbons (Fsp3) is 0.455. The van der Waals surface area contributed by atoms with Gasteiger partial charge in [-0.1, -0.05) is 23.7 Å². The van der Waals surface area contributed by atoms with E-state index in [9.17, 15) is 14.9 Å². The zero-order valence-corrected chi connectivity index (χ0v) is 18.4. The lowest BCUT2D eigenvalue weighted by molar-refractivity contribution is -0.150. The first-order valence-electron chi connectivity index (χ1n) is 9.53. The van der Waals surface area contributed by atoms with Crippen LogP contribution in [0.5, 0.6) is 0 Å². The topological polar surface area (TPSA) is 98.0 Å². The summed E-state index contributed by atoms with van der Waals surface area (Å²) in [6.07, 6.45) is -0.351. The molecule has 1 aliphatic rings. The van der Waals surface area contributed by atoms with E-state index in [0.717, 1.165) is 0 Å². The number of ether oxygens (including phenoxy) is 3. The molecular weight excluding hydrogens is 408 g/mol.